The summed E-state index contributed by atoms with van der Waals surface area (Å²) in [6.07, 6.45) is 3.58. The fourth-order valence-electron chi connectivity index (χ4n) is 1.72. The summed E-state index contributed by atoms with van der Waals surface area (Å²) in [4.78, 5) is 11.4. The fraction of sp³-hybridized carbons (Fsp3) is 0.167. The molecule has 0 fully saturated rings. The number of nitrogens with one attached hydrogen (secondary N) is 1. The van der Waals surface area contributed by atoms with Gasteiger partial charge in [0.05, 0.1) is 16.8 Å². The third-order valence-electron chi connectivity index (χ3n) is 2.76. The molecule has 0 saturated carbocycles. The second-order valence-electron chi connectivity index (χ2n) is 4.07. The molecule has 0 aliphatic rings. The molecule has 3 aromatic rings. The summed E-state index contributed by atoms with van der Waals surface area (Å²) in [6, 6.07) is 2.20. The molecular formula is C12H10F2N4S. The van der Waals surface area contributed by atoms with Crippen molar-refractivity contribution < 1.29 is 8.78 Å². The van der Waals surface area contributed by atoms with E-state index < -0.39 is 11.6 Å². The lowest BCUT2D eigenvalue weighted by Crippen LogP contribution is -1.94. The van der Waals surface area contributed by atoms with E-state index in [1.807, 2.05) is 17.8 Å². The van der Waals surface area contributed by atoms with E-state index in [1.165, 1.54) is 11.8 Å². The standard InChI is InChI=1S/C12H10F2N4S/c1-18-3-2-15-11(18)6-19-12-16-9-4-7(13)8(14)5-10(9)17-12/h2-5H,6H2,1H3,(H,16,17). The van der Waals surface area contributed by atoms with Crippen LogP contribution in [0.25, 0.3) is 11.0 Å². The lowest BCUT2D eigenvalue weighted by molar-refractivity contribution is 0.510. The molecule has 0 bridgehead atoms. The molecule has 98 valence electrons. The zero-order valence-electron chi connectivity index (χ0n) is 10.0. The number of H-pyrrole nitrogens is 1. The Hall–Kier alpha value is -1.89. The highest BCUT2D eigenvalue weighted by Gasteiger charge is 2.09. The summed E-state index contributed by atoms with van der Waals surface area (Å²) in [5, 5.41) is 0.614. The van der Waals surface area contributed by atoms with Crippen LogP contribution in [-0.4, -0.2) is 19.5 Å². The summed E-state index contributed by atoms with van der Waals surface area (Å²) in [7, 11) is 1.91. The molecule has 1 N–H and O–H groups in total. The molecule has 0 spiro atoms. The highest BCUT2D eigenvalue weighted by Crippen LogP contribution is 2.23. The van der Waals surface area contributed by atoms with Crippen LogP contribution in [0.4, 0.5) is 8.78 Å². The molecule has 4 nitrogen and oxygen atoms in total. The first-order valence-corrected chi connectivity index (χ1v) is 6.56. The molecule has 0 unspecified atom stereocenters. The van der Waals surface area contributed by atoms with E-state index in [-0.39, 0.29) is 0 Å². The molecule has 2 aromatic heterocycles. The van der Waals surface area contributed by atoms with Crippen molar-refractivity contribution in [2.75, 3.05) is 0 Å². The van der Waals surface area contributed by atoms with E-state index >= 15 is 0 Å². The number of aromatic amines is 1. The molecule has 2 heterocycles. The van der Waals surface area contributed by atoms with Gasteiger partial charge in [-0.05, 0) is 0 Å². The number of hydrogen-bond donors (Lipinski definition) is 1. The van der Waals surface area contributed by atoms with Crippen LogP contribution in [0.5, 0.6) is 0 Å². The molecule has 19 heavy (non-hydrogen) atoms. The van der Waals surface area contributed by atoms with Gasteiger partial charge < -0.3 is 9.55 Å². The van der Waals surface area contributed by atoms with Gasteiger partial charge in [-0.1, -0.05) is 11.8 Å². The predicted octanol–water partition coefficient (Wildman–Crippen LogP) is 2.87. The van der Waals surface area contributed by atoms with E-state index in [0.717, 1.165) is 18.0 Å². The van der Waals surface area contributed by atoms with Crippen molar-refractivity contribution >= 4 is 22.8 Å². The number of thioether (sulfide) groups is 1. The number of aromatic nitrogens is 4. The zero-order valence-corrected chi connectivity index (χ0v) is 10.8. The Morgan fingerprint density at radius 1 is 1.32 bits per heavy atom. The molecule has 7 heteroatoms. The molecule has 0 aliphatic carbocycles. The largest absolute Gasteiger partial charge is 0.337 e. The van der Waals surface area contributed by atoms with Gasteiger partial charge in [-0.2, -0.15) is 0 Å². The zero-order chi connectivity index (χ0) is 13.4. The minimum absolute atomic E-state index is 0.418. The molecule has 3 rings (SSSR count). The van der Waals surface area contributed by atoms with E-state index in [4.69, 9.17) is 0 Å². The Kier molecular flexibility index (Phi) is 2.98. The first-order valence-electron chi connectivity index (χ1n) is 5.57. The molecule has 0 amide bonds. The highest BCUT2D eigenvalue weighted by molar-refractivity contribution is 7.98. The maximum atomic E-state index is 13.1. The Morgan fingerprint density at radius 2 is 2.11 bits per heavy atom. The maximum Gasteiger partial charge on any atom is 0.166 e. The highest BCUT2D eigenvalue weighted by atomic mass is 32.2. The number of halogens is 2. The minimum Gasteiger partial charge on any atom is -0.337 e. The number of rotatable bonds is 3. The summed E-state index contributed by atoms with van der Waals surface area (Å²) in [5.41, 5.74) is 0.905. The Labute approximate surface area is 111 Å². The van der Waals surface area contributed by atoms with Gasteiger partial charge in [0.25, 0.3) is 0 Å². The summed E-state index contributed by atoms with van der Waals surface area (Å²) in [6.45, 7) is 0. The first kappa shape index (κ1) is 12.2. The quantitative estimate of drug-likeness (QED) is 0.750. The smallest absolute Gasteiger partial charge is 0.166 e. The summed E-state index contributed by atoms with van der Waals surface area (Å²) >= 11 is 1.43. The molecule has 0 aliphatic heterocycles. The second-order valence-corrected chi connectivity index (χ2v) is 5.03. The van der Waals surface area contributed by atoms with Crippen LogP contribution in [0.2, 0.25) is 0 Å². The van der Waals surface area contributed by atoms with Crippen molar-refractivity contribution in [2.45, 2.75) is 10.9 Å². The van der Waals surface area contributed by atoms with Gasteiger partial charge in [-0.15, -0.1) is 0 Å². The van der Waals surface area contributed by atoms with E-state index in [9.17, 15) is 8.78 Å². The fourth-order valence-corrected chi connectivity index (χ4v) is 2.61. The number of fused-ring (bicyclic) bond motifs is 1. The van der Waals surface area contributed by atoms with Gasteiger partial charge in [-0.3, -0.25) is 0 Å². The van der Waals surface area contributed by atoms with Gasteiger partial charge in [0, 0.05) is 31.6 Å². The molecule has 0 radical (unpaired) electrons. The van der Waals surface area contributed by atoms with Crippen molar-refractivity contribution in [3.63, 3.8) is 0 Å². The molecule has 0 saturated heterocycles. The van der Waals surface area contributed by atoms with Crippen LogP contribution < -0.4 is 0 Å². The number of benzene rings is 1. The molecule has 1 aromatic carbocycles. The van der Waals surface area contributed by atoms with Crippen molar-refractivity contribution in [1.29, 1.82) is 0 Å². The van der Waals surface area contributed by atoms with Crippen LogP contribution in [-0.2, 0) is 12.8 Å². The van der Waals surface area contributed by atoms with Crippen molar-refractivity contribution in [2.24, 2.45) is 7.05 Å². The van der Waals surface area contributed by atoms with Crippen LogP contribution >= 0.6 is 11.8 Å². The lowest BCUT2D eigenvalue weighted by atomic mass is 10.3. The van der Waals surface area contributed by atoms with E-state index in [0.29, 0.717) is 21.9 Å². The van der Waals surface area contributed by atoms with Crippen LogP contribution in [0.1, 0.15) is 5.82 Å². The van der Waals surface area contributed by atoms with Crippen LogP contribution in [0.3, 0.4) is 0 Å². The second kappa shape index (κ2) is 4.65. The van der Waals surface area contributed by atoms with Gasteiger partial charge in [-0.25, -0.2) is 18.7 Å². The van der Waals surface area contributed by atoms with Gasteiger partial charge in [0.1, 0.15) is 5.82 Å². The normalized spacial score (nSPS) is 11.3. The Morgan fingerprint density at radius 3 is 2.84 bits per heavy atom. The SMILES string of the molecule is Cn1ccnc1CSc1nc2cc(F)c(F)cc2[nH]1. The van der Waals surface area contributed by atoms with Crippen LogP contribution in [0, 0.1) is 11.6 Å². The summed E-state index contributed by atoms with van der Waals surface area (Å²) in [5.74, 6) is -0.229. The molecular weight excluding hydrogens is 270 g/mol. The number of aryl methyl sites for hydroxylation is 1. The van der Waals surface area contributed by atoms with E-state index in [2.05, 4.69) is 15.0 Å². The van der Waals surface area contributed by atoms with Gasteiger partial charge in [0.15, 0.2) is 16.8 Å². The number of nitrogens with zero attached hydrogens (tertiary/aromatic N) is 3. The number of imidazole rings is 2. The van der Waals surface area contributed by atoms with Crippen molar-refractivity contribution in [3.8, 4) is 0 Å². The maximum absolute atomic E-state index is 13.1. The van der Waals surface area contributed by atoms with Crippen molar-refractivity contribution in [3.05, 3.63) is 42.0 Å². The topological polar surface area (TPSA) is 46.5 Å². The number of hydrogen-bond acceptors (Lipinski definition) is 3. The van der Waals surface area contributed by atoms with Crippen LogP contribution in [0.15, 0.2) is 29.7 Å². The molecule has 0 atom stereocenters. The summed E-state index contributed by atoms with van der Waals surface area (Å²) < 4.78 is 28.1. The lowest BCUT2D eigenvalue weighted by Gasteiger charge is -1.98. The third-order valence-corrected chi connectivity index (χ3v) is 3.63. The Bertz CT molecular complexity index is 695. The predicted molar refractivity (Wildman–Crippen MR) is 68.8 cm³/mol. The first-order chi connectivity index (χ1) is 9.13. The van der Waals surface area contributed by atoms with Crippen molar-refractivity contribution in [1.82, 2.24) is 19.5 Å². The van der Waals surface area contributed by atoms with Gasteiger partial charge in [0.2, 0.25) is 0 Å². The average molecular weight is 280 g/mol. The van der Waals surface area contributed by atoms with Gasteiger partial charge >= 0.3 is 0 Å². The average Bonchev–Trinajstić information content (AvgIpc) is 2.94. The third kappa shape index (κ3) is 2.33. The Balaban J connectivity index is 1.84. The minimum atomic E-state index is -0.889. The van der Waals surface area contributed by atoms with E-state index in [1.54, 1.807) is 6.20 Å². The monoisotopic (exact) mass is 280 g/mol.